The van der Waals surface area contributed by atoms with Crippen LogP contribution in [0.4, 0.5) is 0 Å². The van der Waals surface area contributed by atoms with Gasteiger partial charge >= 0.3 is 0 Å². The Hall–Kier alpha value is -2.60. The lowest BCUT2D eigenvalue weighted by Gasteiger charge is -2.14. The Morgan fingerprint density at radius 3 is 2.62 bits per heavy atom. The summed E-state index contributed by atoms with van der Waals surface area (Å²) in [6.45, 7) is 4.62. The third-order valence-corrected chi connectivity index (χ3v) is 4.32. The van der Waals surface area contributed by atoms with Gasteiger partial charge in [-0.25, -0.2) is 9.97 Å². The number of aryl methyl sites for hydroxylation is 1. The molecule has 6 nitrogen and oxygen atoms in total. The standard InChI is InChI=1S/C19H20ClN3O3/c1-4-9-26-17-16-15(10-21-18(17)20)22-12(2)23(19(16)24)11-13-5-7-14(25-3)8-6-13/h5-8,10H,4,9,11H2,1-3H3. The number of nitrogens with zero attached hydrogens (tertiary/aromatic N) is 3. The van der Waals surface area contributed by atoms with E-state index in [2.05, 4.69) is 9.97 Å². The molecule has 0 spiro atoms. The number of hydrogen-bond donors (Lipinski definition) is 0. The summed E-state index contributed by atoms with van der Waals surface area (Å²) in [6, 6.07) is 7.56. The molecule has 1 aromatic carbocycles. The molecule has 2 heterocycles. The summed E-state index contributed by atoms with van der Waals surface area (Å²) in [5.74, 6) is 1.67. The van der Waals surface area contributed by atoms with Crippen molar-refractivity contribution in [2.45, 2.75) is 26.8 Å². The maximum atomic E-state index is 13.1. The van der Waals surface area contributed by atoms with Gasteiger partial charge in [0.2, 0.25) is 0 Å². The molecule has 0 radical (unpaired) electrons. The number of aromatic nitrogens is 3. The largest absolute Gasteiger partial charge is 0.497 e. The molecule has 7 heteroatoms. The van der Waals surface area contributed by atoms with Crippen LogP contribution in [0.1, 0.15) is 24.7 Å². The molecule has 0 fully saturated rings. The van der Waals surface area contributed by atoms with Crippen LogP contribution in [0.25, 0.3) is 10.9 Å². The topological polar surface area (TPSA) is 66.2 Å². The van der Waals surface area contributed by atoms with Crippen LogP contribution in [-0.2, 0) is 6.54 Å². The van der Waals surface area contributed by atoms with E-state index in [1.807, 2.05) is 31.2 Å². The quantitative estimate of drug-likeness (QED) is 0.617. The highest BCUT2D eigenvalue weighted by Crippen LogP contribution is 2.29. The fourth-order valence-electron chi connectivity index (χ4n) is 2.70. The highest BCUT2D eigenvalue weighted by molar-refractivity contribution is 6.31. The molecule has 0 unspecified atom stereocenters. The lowest BCUT2D eigenvalue weighted by molar-refractivity contribution is 0.320. The molecular weight excluding hydrogens is 354 g/mol. The first kappa shape index (κ1) is 18.2. The predicted molar refractivity (Wildman–Crippen MR) is 101 cm³/mol. The van der Waals surface area contributed by atoms with Gasteiger partial charge in [0.25, 0.3) is 5.56 Å². The van der Waals surface area contributed by atoms with Crippen LogP contribution in [0.15, 0.2) is 35.3 Å². The van der Waals surface area contributed by atoms with Crippen molar-refractivity contribution in [1.29, 1.82) is 0 Å². The molecule has 0 N–H and O–H groups in total. The summed E-state index contributed by atoms with van der Waals surface area (Å²) in [6.07, 6.45) is 2.30. The minimum absolute atomic E-state index is 0.171. The second-order valence-electron chi connectivity index (χ2n) is 5.89. The first-order valence-corrected chi connectivity index (χ1v) is 8.74. The van der Waals surface area contributed by atoms with Gasteiger partial charge in [-0.3, -0.25) is 9.36 Å². The first-order chi connectivity index (χ1) is 12.5. The third-order valence-electron chi connectivity index (χ3n) is 4.05. The summed E-state index contributed by atoms with van der Waals surface area (Å²) in [5, 5.41) is 0.530. The van der Waals surface area contributed by atoms with Crippen LogP contribution < -0.4 is 15.0 Å². The van der Waals surface area contributed by atoms with E-state index in [1.165, 1.54) is 6.20 Å². The Kier molecular flexibility index (Phi) is 5.42. The molecule has 2 aromatic heterocycles. The third kappa shape index (κ3) is 3.51. The van der Waals surface area contributed by atoms with E-state index in [4.69, 9.17) is 21.1 Å². The highest BCUT2D eigenvalue weighted by Gasteiger charge is 2.17. The van der Waals surface area contributed by atoms with Crippen molar-refractivity contribution in [2.75, 3.05) is 13.7 Å². The van der Waals surface area contributed by atoms with Crippen LogP contribution >= 0.6 is 11.6 Å². The van der Waals surface area contributed by atoms with Gasteiger partial charge in [0.1, 0.15) is 22.5 Å². The number of pyridine rings is 1. The molecule has 0 saturated heterocycles. The van der Waals surface area contributed by atoms with Crippen LogP contribution in [0.5, 0.6) is 11.5 Å². The molecule has 0 atom stereocenters. The van der Waals surface area contributed by atoms with Gasteiger partial charge < -0.3 is 9.47 Å². The van der Waals surface area contributed by atoms with E-state index >= 15 is 0 Å². The maximum absolute atomic E-state index is 13.1. The molecule has 3 rings (SSSR count). The van der Waals surface area contributed by atoms with Gasteiger partial charge in [0, 0.05) is 0 Å². The lowest BCUT2D eigenvalue weighted by atomic mass is 10.2. The second-order valence-corrected chi connectivity index (χ2v) is 6.24. The number of rotatable bonds is 6. The molecule has 3 aromatic rings. The zero-order valence-corrected chi connectivity index (χ0v) is 15.7. The van der Waals surface area contributed by atoms with Crippen molar-refractivity contribution in [3.05, 3.63) is 57.4 Å². The average Bonchev–Trinajstić information content (AvgIpc) is 2.65. The maximum Gasteiger partial charge on any atom is 0.265 e. The van der Waals surface area contributed by atoms with E-state index in [-0.39, 0.29) is 10.7 Å². The molecule has 26 heavy (non-hydrogen) atoms. The smallest absolute Gasteiger partial charge is 0.265 e. The van der Waals surface area contributed by atoms with Crippen molar-refractivity contribution in [3.8, 4) is 11.5 Å². The SMILES string of the molecule is CCCOc1c(Cl)ncc2nc(C)n(Cc3ccc(OC)cc3)c(=O)c12. The minimum Gasteiger partial charge on any atom is -0.497 e. The monoisotopic (exact) mass is 373 g/mol. The summed E-state index contributed by atoms with van der Waals surface area (Å²) < 4.78 is 12.5. The zero-order valence-electron chi connectivity index (χ0n) is 15.0. The summed E-state index contributed by atoms with van der Waals surface area (Å²) in [5.41, 5.74) is 1.25. The second kappa shape index (κ2) is 7.74. The lowest BCUT2D eigenvalue weighted by Crippen LogP contribution is -2.25. The molecule has 0 aliphatic rings. The molecule has 0 aliphatic carbocycles. The molecule has 0 amide bonds. The van der Waals surface area contributed by atoms with E-state index < -0.39 is 0 Å². The average molecular weight is 374 g/mol. The Balaban J connectivity index is 2.11. The normalized spacial score (nSPS) is 10.9. The van der Waals surface area contributed by atoms with E-state index in [1.54, 1.807) is 18.6 Å². The van der Waals surface area contributed by atoms with Crippen molar-refractivity contribution >= 4 is 22.5 Å². The Morgan fingerprint density at radius 2 is 1.96 bits per heavy atom. The Bertz CT molecular complexity index is 984. The van der Waals surface area contributed by atoms with Gasteiger partial charge in [-0.2, -0.15) is 0 Å². The molecule has 0 bridgehead atoms. The van der Waals surface area contributed by atoms with Crippen LogP contribution in [0, 0.1) is 6.92 Å². The predicted octanol–water partition coefficient (Wildman–Crippen LogP) is 3.60. The number of hydrogen-bond acceptors (Lipinski definition) is 5. The number of halogens is 1. The van der Waals surface area contributed by atoms with Gasteiger partial charge in [0.15, 0.2) is 10.9 Å². The van der Waals surface area contributed by atoms with Crippen molar-refractivity contribution in [3.63, 3.8) is 0 Å². The minimum atomic E-state index is -0.196. The van der Waals surface area contributed by atoms with E-state index in [9.17, 15) is 4.79 Å². The van der Waals surface area contributed by atoms with Crippen LogP contribution in [0.3, 0.4) is 0 Å². The van der Waals surface area contributed by atoms with Crippen LogP contribution in [0.2, 0.25) is 5.15 Å². The van der Waals surface area contributed by atoms with Crippen molar-refractivity contribution in [1.82, 2.24) is 14.5 Å². The summed E-state index contributed by atoms with van der Waals surface area (Å²) in [4.78, 5) is 21.7. The van der Waals surface area contributed by atoms with Gasteiger partial charge in [-0.05, 0) is 31.0 Å². The molecule has 0 saturated carbocycles. The first-order valence-electron chi connectivity index (χ1n) is 8.36. The number of methoxy groups -OCH3 is 1. The van der Waals surface area contributed by atoms with Gasteiger partial charge in [-0.15, -0.1) is 0 Å². The number of benzene rings is 1. The number of fused-ring (bicyclic) bond motifs is 1. The van der Waals surface area contributed by atoms with Crippen molar-refractivity contribution < 1.29 is 9.47 Å². The van der Waals surface area contributed by atoms with Crippen molar-refractivity contribution in [2.24, 2.45) is 0 Å². The van der Waals surface area contributed by atoms with E-state index in [0.29, 0.717) is 35.6 Å². The summed E-state index contributed by atoms with van der Waals surface area (Å²) in [7, 11) is 1.62. The highest BCUT2D eigenvalue weighted by atomic mass is 35.5. The Labute approximate surface area is 156 Å². The fourth-order valence-corrected chi connectivity index (χ4v) is 2.90. The molecule has 136 valence electrons. The Morgan fingerprint density at radius 1 is 1.23 bits per heavy atom. The van der Waals surface area contributed by atoms with Gasteiger partial charge in [0.05, 0.1) is 26.5 Å². The zero-order chi connectivity index (χ0) is 18.7. The molecular formula is C19H20ClN3O3. The number of ether oxygens (including phenoxy) is 2. The van der Waals surface area contributed by atoms with Crippen LogP contribution in [-0.4, -0.2) is 28.3 Å². The van der Waals surface area contributed by atoms with Gasteiger partial charge in [-0.1, -0.05) is 30.7 Å². The van der Waals surface area contributed by atoms with E-state index in [0.717, 1.165) is 17.7 Å². The molecule has 0 aliphatic heterocycles. The summed E-state index contributed by atoms with van der Waals surface area (Å²) >= 11 is 6.17. The fraction of sp³-hybridized carbons (Fsp3) is 0.316.